The lowest BCUT2D eigenvalue weighted by molar-refractivity contribution is -0.141. The largest absolute Gasteiger partial charge is 0.480 e. The number of aliphatic hydroxyl groups is 1. The summed E-state index contributed by atoms with van der Waals surface area (Å²) in [4.78, 5) is 22.1. The highest BCUT2D eigenvalue weighted by molar-refractivity contribution is 5.92. The summed E-state index contributed by atoms with van der Waals surface area (Å²) in [6.07, 6.45) is -1.33. The molecular weight excluding hydrogens is 262 g/mol. The number of rotatable bonds is 4. The highest BCUT2D eigenvalue weighted by Gasteiger charge is 2.24. The first-order chi connectivity index (χ1) is 8.79. The highest BCUT2D eigenvalue weighted by Crippen LogP contribution is 2.12. The van der Waals surface area contributed by atoms with E-state index in [-0.39, 0.29) is 5.69 Å². The molecule has 0 spiro atoms. The van der Waals surface area contributed by atoms with Crippen molar-refractivity contribution in [1.29, 1.82) is 0 Å². The number of halogens is 2. The molecule has 0 unspecified atom stereocenters. The molecule has 0 aromatic heterocycles. The summed E-state index contributed by atoms with van der Waals surface area (Å²) in [6.45, 7) is 1.18. The lowest BCUT2D eigenvalue weighted by atomic mass is 10.2. The average Bonchev–Trinajstić information content (AvgIpc) is 2.23. The van der Waals surface area contributed by atoms with E-state index in [1.807, 2.05) is 5.32 Å². The number of benzene rings is 1. The highest BCUT2D eigenvalue weighted by atomic mass is 19.1. The molecular formula is C11H12F2N2O4. The molecule has 0 aliphatic rings. The number of carboxylic acids is 1. The number of carbonyl (C=O) groups excluding carboxylic acids is 1. The lowest BCUT2D eigenvalue weighted by Crippen LogP contribution is -2.49. The average molecular weight is 274 g/mol. The number of hydrogen-bond acceptors (Lipinski definition) is 3. The first-order valence-electron chi connectivity index (χ1n) is 5.24. The van der Waals surface area contributed by atoms with Crippen molar-refractivity contribution >= 4 is 17.7 Å². The molecule has 6 nitrogen and oxygen atoms in total. The summed E-state index contributed by atoms with van der Waals surface area (Å²) in [6, 6.07) is -0.183. The molecule has 0 aliphatic carbocycles. The van der Waals surface area contributed by atoms with Crippen molar-refractivity contribution < 1.29 is 28.6 Å². The SMILES string of the molecule is C[C@@H](O)[C@H](NC(=O)Nc1cc(F)cc(F)c1)C(=O)O. The predicted octanol–water partition coefficient (Wildman–Crippen LogP) is 0.920. The molecule has 2 atom stereocenters. The van der Waals surface area contributed by atoms with Crippen LogP contribution in [-0.2, 0) is 4.79 Å². The number of carboxylic acid groups (broad SMARTS) is 1. The molecule has 0 saturated heterocycles. The first-order valence-corrected chi connectivity index (χ1v) is 5.24. The fourth-order valence-corrected chi connectivity index (χ4v) is 1.32. The van der Waals surface area contributed by atoms with Gasteiger partial charge in [0.05, 0.1) is 6.10 Å². The Kier molecular flexibility index (Phi) is 4.76. The number of anilines is 1. The summed E-state index contributed by atoms with van der Waals surface area (Å²) in [7, 11) is 0. The normalized spacial score (nSPS) is 13.5. The van der Waals surface area contributed by atoms with E-state index in [0.717, 1.165) is 12.1 Å². The Morgan fingerprint density at radius 3 is 2.16 bits per heavy atom. The Morgan fingerprint density at radius 1 is 1.21 bits per heavy atom. The van der Waals surface area contributed by atoms with Gasteiger partial charge in [-0.25, -0.2) is 18.4 Å². The Morgan fingerprint density at radius 2 is 1.74 bits per heavy atom. The topological polar surface area (TPSA) is 98.7 Å². The van der Waals surface area contributed by atoms with Crippen LogP contribution < -0.4 is 10.6 Å². The molecule has 0 aliphatic heterocycles. The van der Waals surface area contributed by atoms with Gasteiger partial charge in [0, 0.05) is 11.8 Å². The molecule has 4 N–H and O–H groups in total. The molecule has 2 amide bonds. The van der Waals surface area contributed by atoms with Crippen molar-refractivity contribution in [3.8, 4) is 0 Å². The molecule has 0 bridgehead atoms. The number of aliphatic hydroxyl groups excluding tert-OH is 1. The molecule has 19 heavy (non-hydrogen) atoms. The van der Waals surface area contributed by atoms with Gasteiger partial charge in [-0.1, -0.05) is 0 Å². The quantitative estimate of drug-likeness (QED) is 0.656. The second kappa shape index (κ2) is 6.10. The minimum Gasteiger partial charge on any atom is -0.480 e. The maximum absolute atomic E-state index is 12.9. The third kappa shape index (κ3) is 4.51. The lowest BCUT2D eigenvalue weighted by Gasteiger charge is -2.17. The maximum atomic E-state index is 12.9. The number of nitrogens with one attached hydrogen (secondary N) is 2. The van der Waals surface area contributed by atoms with E-state index in [4.69, 9.17) is 10.2 Å². The van der Waals surface area contributed by atoms with Gasteiger partial charge in [0.1, 0.15) is 11.6 Å². The zero-order chi connectivity index (χ0) is 14.6. The zero-order valence-corrected chi connectivity index (χ0v) is 9.85. The van der Waals surface area contributed by atoms with Crippen LogP contribution in [0.3, 0.4) is 0 Å². The van der Waals surface area contributed by atoms with Crippen LogP contribution in [-0.4, -0.2) is 34.4 Å². The zero-order valence-electron chi connectivity index (χ0n) is 9.85. The molecule has 8 heteroatoms. The van der Waals surface area contributed by atoms with Crippen molar-refractivity contribution in [3.05, 3.63) is 29.8 Å². The number of carbonyl (C=O) groups is 2. The summed E-state index contributed by atoms with van der Waals surface area (Å²) >= 11 is 0. The van der Waals surface area contributed by atoms with Gasteiger partial charge in [-0.05, 0) is 19.1 Å². The van der Waals surface area contributed by atoms with Gasteiger partial charge in [0.25, 0.3) is 0 Å². The Hall–Kier alpha value is -2.22. The van der Waals surface area contributed by atoms with Gasteiger partial charge < -0.3 is 20.8 Å². The van der Waals surface area contributed by atoms with Crippen LogP contribution in [0, 0.1) is 11.6 Å². The second-order valence-electron chi connectivity index (χ2n) is 3.81. The smallest absolute Gasteiger partial charge is 0.328 e. The minimum absolute atomic E-state index is 0.176. The Labute approximate surface area is 107 Å². The van der Waals surface area contributed by atoms with Crippen LogP contribution in [0.4, 0.5) is 19.3 Å². The van der Waals surface area contributed by atoms with Crippen molar-refractivity contribution in [3.63, 3.8) is 0 Å². The second-order valence-corrected chi connectivity index (χ2v) is 3.81. The van der Waals surface area contributed by atoms with E-state index in [2.05, 4.69) is 5.32 Å². The molecule has 0 saturated carbocycles. The third-order valence-electron chi connectivity index (χ3n) is 2.16. The fourth-order valence-electron chi connectivity index (χ4n) is 1.32. The predicted molar refractivity (Wildman–Crippen MR) is 61.6 cm³/mol. The monoisotopic (exact) mass is 274 g/mol. The number of amides is 2. The van der Waals surface area contributed by atoms with E-state index in [1.165, 1.54) is 6.92 Å². The van der Waals surface area contributed by atoms with Gasteiger partial charge >= 0.3 is 12.0 Å². The number of urea groups is 1. The molecule has 0 heterocycles. The van der Waals surface area contributed by atoms with Gasteiger partial charge in [-0.3, -0.25) is 0 Å². The van der Waals surface area contributed by atoms with Crippen LogP contribution in [0.15, 0.2) is 18.2 Å². The van der Waals surface area contributed by atoms with Gasteiger partial charge in [0.15, 0.2) is 6.04 Å². The summed E-state index contributed by atoms with van der Waals surface area (Å²) in [5, 5.41) is 21.9. The third-order valence-corrected chi connectivity index (χ3v) is 2.16. The van der Waals surface area contributed by atoms with Crippen molar-refractivity contribution in [2.75, 3.05) is 5.32 Å². The van der Waals surface area contributed by atoms with Crippen molar-refractivity contribution in [2.24, 2.45) is 0 Å². The summed E-state index contributed by atoms with van der Waals surface area (Å²) in [5.74, 6) is -3.21. The molecule has 0 fully saturated rings. The van der Waals surface area contributed by atoms with E-state index >= 15 is 0 Å². The molecule has 1 aromatic rings. The number of aliphatic carboxylic acids is 1. The van der Waals surface area contributed by atoms with Crippen LogP contribution in [0.5, 0.6) is 0 Å². The van der Waals surface area contributed by atoms with Crippen molar-refractivity contribution in [1.82, 2.24) is 5.32 Å². The summed E-state index contributed by atoms with van der Waals surface area (Å²) < 4.78 is 25.7. The van der Waals surface area contributed by atoms with Gasteiger partial charge in [-0.15, -0.1) is 0 Å². The molecule has 1 aromatic carbocycles. The van der Waals surface area contributed by atoms with Crippen LogP contribution >= 0.6 is 0 Å². The summed E-state index contributed by atoms with van der Waals surface area (Å²) in [5.41, 5.74) is -0.176. The van der Waals surface area contributed by atoms with Crippen LogP contribution in [0.25, 0.3) is 0 Å². The van der Waals surface area contributed by atoms with Crippen LogP contribution in [0.2, 0.25) is 0 Å². The van der Waals surface area contributed by atoms with Crippen LogP contribution in [0.1, 0.15) is 6.92 Å². The van der Waals surface area contributed by atoms with E-state index in [9.17, 15) is 18.4 Å². The Bertz CT molecular complexity index is 473. The van der Waals surface area contributed by atoms with E-state index in [1.54, 1.807) is 0 Å². The molecule has 0 radical (unpaired) electrons. The molecule has 104 valence electrons. The first kappa shape index (κ1) is 14.8. The van der Waals surface area contributed by atoms with Gasteiger partial charge in [-0.2, -0.15) is 0 Å². The number of hydrogen-bond donors (Lipinski definition) is 4. The minimum atomic E-state index is -1.53. The molecule has 1 rings (SSSR count). The van der Waals surface area contributed by atoms with Crippen molar-refractivity contribution in [2.45, 2.75) is 19.1 Å². The fraction of sp³-hybridized carbons (Fsp3) is 0.273. The van der Waals surface area contributed by atoms with E-state index < -0.39 is 35.8 Å². The van der Waals surface area contributed by atoms with Gasteiger partial charge in [0.2, 0.25) is 0 Å². The van der Waals surface area contributed by atoms with E-state index in [0.29, 0.717) is 6.07 Å². The Balaban J connectivity index is 2.71. The standard InChI is InChI=1S/C11H12F2N2O4/c1-5(16)9(10(17)18)15-11(19)14-8-3-6(12)2-7(13)4-8/h2-5,9,16H,1H3,(H,17,18)(H2,14,15,19)/t5-,9+/m1/s1. The maximum Gasteiger partial charge on any atom is 0.328 e.